The Morgan fingerprint density at radius 3 is 2.44 bits per heavy atom. The monoisotopic (exact) mass is 389 g/mol. The highest BCUT2D eigenvalue weighted by Gasteiger charge is 2.24. The van der Waals surface area contributed by atoms with Gasteiger partial charge in [-0.15, -0.1) is 11.3 Å². The Morgan fingerprint density at radius 1 is 1.04 bits per heavy atom. The third-order valence-electron chi connectivity index (χ3n) is 4.36. The first-order chi connectivity index (χ1) is 13.0. The van der Waals surface area contributed by atoms with Gasteiger partial charge in [0.15, 0.2) is 0 Å². The predicted molar refractivity (Wildman–Crippen MR) is 100 cm³/mol. The molecule has 0 bridgehead atoms. The van der Waals surface area contributed by atoms with E-state index in [2.05, 4.69) is 5.32 Å². The second-order valence-electron chi connectivity index (χ2n) is 6.17. The van der Waals surface area contributed by atoms with Crippen LogP contribution >= 0.6 is 11.3 Å². The molecule has 0 aliphatic carbocycles. The average molecular weight is 389 g/mol. The molecule has 142 valence electrons. The largest absolute Gasteiger partial charge is 0.351 e. The number of carbonyl (C=O) groups excluding carboxylic acids is 3. The first-order valence-corrected chi connectivity index (χ1v) is 9.57. The lowest BCUT2D eigenvalue weighted by Crippen LogP contribution is -2.51. The molecule has 1 saturated heterocycles. The predicted octanol–water partition coefficient (Wildman–Crippen LogP) is 1.99. The molecule has 6 nitrogen and oxygen atoms in total. The Bertz CT molecular complexity index is 817. The third-order valence-corrected chi connectivity index (χ3v) is 5.23. The highest BCUT2D eigenvalue weighted by molar-refractivity contribution is 7.12. The minimum absolute atomic E-state index is 0.0562. The minimum atomic E-state index is -0.445. The van der Waals surface area contributed by atoms with Crippen molar-refractivity contribution in [2.75, 3.05) is 32.7 Å². The molecule has 1 aliphatic rings. The van der Waals surface area contributed by atoms with E-state index >= 15 is 0 Å². The van der Waals surface area contributed by atoms with Crippen molar-refractivity contribution >= 4 is 29.1 Å². The van der Waals surface area contributed by atoms with Gasteiger partial charge in [-0.05, 0) is 29.6 Å². The quantitative estimate of drug-likeness (QED) is 0.850. The van der Waals surface area contributed by atoms with Crippen LogP contribution in [0.5, 0.6) is 0 Å². The maximum atomic E-state index is 13.3. The number of halogens is 1. The zero-order valence-corrected chi connectivity index (χ0v) is 15.5. The maximum Gasteiger partial charge on any atom is 0.261 e. The number of hydrogen-bond acceptors (Lipinski definition) is 4. The van der Waals surface area contributed by atoms with Gasteiger partial charge < -0.3 is 15.1 Å². The highest BCUT2D eigenvalue weighted by atomic mass is 32.1. The summed E-state index contributed by atoms with van der Waals surface area (Å²) >= 11 is 1.35. The number of thiophene rings is 1. The normalized spacial score (nSPS) is 14.1. The number of carbonyl (C=O) groups is 3. The number of amides is 3. The van der Waals surface area contributed by atoms with Gasteiger partial charge in [0.1, 0.15) is 5.82 Å². The van der Waals surface area contributed by atoms with Gasteiger partial charge in [0, 0.05) is 44.7 Å². The lowest BCUT2D eigenvalue weighted by Gasteiger charge is -2.35. The van der Waals surface area contributed by atoms with E-state index in [1.807, 2.05) is 5.38 Å². The number of nitrogens with zero attached hydrogens (tertiary/aromatic N) is 2. The summed E-state index contributed by atoms with van der Waals surface area (Å²) in [5.74, 6) is -0.910. The summed E-state index contributed by atoms with van der Waals surface area (Å²) in [5, 5.41) is 4.56. The molecule has 2 aromatic rings. The molecule has 1 aromatic heterocycles. The summed E-state index contributed by atoms with van der Waals surface area (Å²) in [6.45, 7) is 1.95. The summed E-state index contributed by atoms with van der Waals surface area (Å²) in [4.78, 5) is 40.4. The fourth-order valence-electron chi connectivity index (χ4n) is 2.90. The van der Waals surface area contributed by atoms with E-state index in [1.165, 1.54) is 29.5 Å². The molecule has 27 heavy (non-hydrogen) atoms. The third kappa shape index (κ3) is 4.91. The van der Waals surface area contributed by atoms with Crippen molar-refractivity contribution in [3.05, 3.63) is 58.0 Å². The molecule has 1 fully saturated rings. The Morgan fingerprint density at radius 2 is 1.78 bits per heavy atom. The van der Waals surface area contributed by atoms with Crippen LogP contribution in [-0.4, -0.2) is 60.2 Å². The zero-order valence-electron chi connectivity index (χ0n) is 14.7. The molecule has 8 heteroatoms. The van der Waals surface area contributed by atoms with Gasteiger partial charge in [0.2, 0.25) is 5.91 Å². The lowest BCUT2D eigenvalue weighted by atomic mass is 10.1. The Balaban J connectivity index is 1.42. The van der Waals surface area contributed by atoms with Crippen molar-refractivity contribution < 1.29 is 18.8 Å². The van der Waals surface area contributed by atoms with Crippen LogP contribution < -0.4 is 5.32 Å². The number of hydrogen-bond donors (Lipinski definition) is 1. The van der Waals surface area contributed by atoms with Crippen LogP contribution in [-0.2, 0) is 4.79 Å². The second-order valence-corrected chi connectivity index (χ2v) is 7.11. The Labute approximate surface area is 160 Å². The standard InChI is InChI=1S/C19H20FN3O3S/c20-15-4-1-3-14(13-15)19(26)23-10-8-22(9-11-23)17(24)6-7-21-18(25)16-5-2-12-27-16/h1-5,12-13H,6-11H2,(H,21,25). The number of nitrogens with one attached hydrogen (secondary N) is 1. The van der Waals surface area contributed by atoms with Crippen molar-refractivity contribution in [2.24, 2.45) is 0 Å². The molecule has 2 heterocycles. The summed E-state index contributed by atoms with van der Waals surface area (Å²) < 4.78 is 13.3. The van der Waals surface area contributed by atoms with E-state index in [4.69, 9.17) is 0 Å². The first-order valence-electron chi connectivity index (χ1n) is 8.69. The smallest absolute Gasteiger partial charge is 0.261 e. The van der Waals surface area contributed by atoms with Gasteiger partial charge >= 0.3 is 0 Å². The van der Waals surface area contributed by atoms with Gasteiger partial charge in [-0.1, -0.05) is 12.1 Å². The van der Waals surface area contributed by atoms with Crippen LogP contribution in [0.1, 0.15) is 26.5 Å². The number of benzene rings is 1. The summed E-state index contributed by atoms with van der Waals surface area (Å²) in [6.07, 6.45) is 0.217. The van der Waals surface area contributed by atoms with Crippen LogP contribution in [0, 0.1) is 5.82 Å². The van der Waals surface area contributed by atoms with Gasteiger partial charge in [-0.2, -0.15) is 0 Å². The fraction of sp³-hybridized carbons (Fsp3) is 0.316. The molecule has 3 rings (SSSR count). The van der Waals surface area contributed by atoms with Crippen LogP contribution in [0.15, 0.2) is 41.8 Å². The Hall–Kier alpha value is -2.74. The van der Waals surface area contributed by atoms with Gasteiger partial charge in [-0.3, -0.25) is 14.4 Å². The van der Waals surface area contributed by atoms with Crippen molar-refractivity contribution in [3.63, 3.8) is 0 Å². The molecule has 0 saturated carbocycles. The number of piperazine rings is 1. The maximum absolute atomic E-state index is 13.3. The highest BCUT2D eigenvalue weighted by Crippen LogP contribution is 2.11. The fourth-order valence-corrected chi connectivity index (χ4v) is 3.54. The molecule has 1 aliphatic heterocycles. The molecule has 3 amide bonds. The van der Waals surface area contributed by atoms with Crippen LogP contribution in [0.2, 0.25) is 0 Å². The average Bonchev–Trinajstić information content (AvgIpc) is 3.22. The number of rotatable bonds is 5. The second kappa shape index (κ2) is 8.77. The molecule has 1 N–H and O–H groups in total. The molecule has 0 radical (unpaired) electrons. The van der Waals surface area contributed by atoms with E-state index in [0.717, 1.165) is 0 Å². The molecule has 0 unspecified atom stereocenters. The van der Waals surface area contributed by atoms with Crippen molar-refractivity contribution in [1.29, 1.82) is 0 Å². The van der Waals surface area contributed by atoms with E-state index < -0.39 is 5.82 Å². The summed E-state index contributed by atoms with van der Waals surface area (Å²) in [5.41, 5.74) is 0.311. The molecular weight excluding hydrogens is 369 g/mol. The molecule has 0 atom stereocenters. The lowest BCUT2D eigenvalue weighted by molar-refractivity contribution is -0.132. The molecule has 1 aromatic carbocycles. The van der Waals surface area contributed by atoms with E-state index in [9.17, 15) is 18.8 Å². The molecular formula is C19H20FN3O3S. The van der Waals surface area contributed by atoms with Gasteiger partial charge in [0.25, 0.3) is 11.8 Å². The van der Waals surface area contributed by atoms with Gasteiger partial charge in [0.05, 0.1) is 4.88 Å². The van der Waals surface area contributed by atoms with Crippen molar-refractivity contribution in [1.82, 2.24) is 15.1 Å². The van der Waals surface area contributed by atoms with E-state index in [-0.39, 0.29) is 30.7 Å². The van der Waals surface area contributed by atoms with Gasteiger partial charge in [-0.25, -0.2) is 4.39 Å². The van der Waals surface area contributed by atoms with Crippen LogP contribution in [0.3, 0.4) is 0 Å². The van der Waals surface area contributed by atoms with Crippen molar-refractivity contribution in [2.45, 2.75) is 6.42 Å². The topological polar surface area (TPSA) is 69.7 Å². The zero-order chi connectivity index (χ0) is 19.2. The summed E-state index contributed by atoms with van der Waals surface area (Å²) in [7, 11) is 0. The Kier molecular flexibility index (Phi) is 6.18. The SMILES string of the molecule is O=C(NCCC(=O)N1CCN(C(=O)c2cccc(F)c2)CC1)c1cccs1. The minimum Gasteiger partial charge on any atom is -0.351 e. The van der Waals surface area contributed by atoms with Crippen LogP contribution in [0.4, 0.5) is 4.39 Å². The van der Waals surface area contributed by atoms with E-state index in [0.29, 0.717) is 36.6 Å². The van der Waals surface area contributed by atoms with Crippen molar-refractivity contribution in [3.8, 4) is 0 Å². The first kappa shape index (κ1) is 19.0. The molecule has 0 spiro atoms. The van der Waals surface area contributed by atoms with E-state index in [1.54, 1.807) is 28.0 Å². The van der Waals surface area contributed by atoms with Crippen LogP contribution in [0.25, 0.3) is 0 Å². The summed E-state index contributed by atoms with van der Waals surface area (Å²) in [6, 6.07) is 9.14.